The molecule has 0 aliphatic heterocycles. The number of ether oxygens (including phenoxy) is 1. The Morgan fingerprint density at radius 3 is 2.60 bits per heavy atom. The van der Waals surface area contributed by atoms with E-state index in [0.717, 1.165) is 0 Å². The van der Waals surface area contributed by atoms with E-state index in [0.29, 0.717) is 11.4 Å². The van der Waals surface area contributed by atoms with Crippen LogP contribution in [0.2, 0.25) is 0 Å². The zero-order valence-corrected chi connectivity index (χ0v) is 11.5. The standard InChI is InChI=1S/C13H16N4O3/c1-9(13(19)20-3)15-11(18)10-8-14-16(2)12(10)17-6-4-5-7-17/h4-9H,1-3H3,(H,15,18)/t9-/m1/s1. The second kappa shape index (κ2) is 5.60. The summed E-state index contributed by atoms with van der Waals surface area (Å²) in [7, 11) is 3.02. The molecule has 2 aromatic rings. The fourth-order valence-electron chi connectivity index (χ4n) is 1.88. The Kier molecular flexibility index (Phi) is 3.88. The van der Waals surface area contributed by atoms with Crippen LogP contribution in [-0.2, 0) is 16.6 Å². The van der Waals surface area contributed by atoms with Crippen molar-refractivity contribution in [2.24, 2.45) is 7.05 Å². The molecule has 0 fully saturated rings. The van der Waals surface area contributed by atoms with Crippen molar-refractivity contribution in [2.75, 3.05) is 7.11 Å². The quantitative estimate of drug-likeness (QED) is 0.825. The number of hydrogen-bond donors (Lipinski definition) is 1. The van der Waals surface area contributed by atoms with Gasteiger partial charge in [-0.05, 0) is 19.1 Å². The average molecular weight is 276 g/mol. The maximum atomic E-state index is 12.2. The minimum absolute atomic E-state index is 0.375. The molecular formula is C13H16N4O3. The van der Waals surface area contributed by atoms with Crippen LogP contribution >= 0.6 is 0 Å². The molecule has 0 saturated carbocycles. The third-order valence-corrected chi connectivity index (χ3v) is 2.90. The van der Waals surface area contributed by atoms with Gasteiger partial charge in [-0.3, -0.25) is 9.48 Å². The molecule has 0 aliphatic carbocycles. The van der Waals surface area contributed by atoms with Crippen molar-refractivity contribution in [1.29, 1.82) is 0 Å². The van der Waals surface area contributed by atoms with E-state index in [1.807, 2.05) is 24.5 Å². The number of aryl methyl sites for hydroxylation is 1. The summed E-state index contributed by atoms with van der Waals surface area (Å²) in [4.78, 5) is 23.6. The lowest BCUT2D eigenvalue weighted by Crippen LogP contribution is -2.39. The maximum Gasteiger partial charge on any atom is 0.328 e. The molecule has 0 saturated heterocycles. The molecule has 2 aromatic heterocycles. The Balaban J connectivity index is 2.26. The second-order valence-electron chi connectivity index (χ2n) is 4.31. The average Bonchev–Trinajstić information content (AvgIpc) is 3.06. The fraction of sp³-hybridized carbons (Fsp3) is 0.308. The van der Waals surface area contributed by atoms with E-state index in [9.17, 15) is 9.59 Å². The first kappa shape index (κ1) is 13.9. The predicted octanol–water partition coefficient (Wildman–Crippen LogP) is 0.502. The molecule has 0 spiro atoms. The summed E-state index contributed by atoms with van der Waals surface area (Å²) in [5.74, 6) is -0.242. The molecular weight excluding hydrogens is 260 g/mol. The molecule has 1 N–H and O–H groups in total. The lowest BCUT2D eigenvalue weighted by Gasteiger charge is -2.12. The van der Waals surface area contributed by atoms with E-state index in [-0.39, 0.29) is 5.91 Å². The molecule has 2 rings (SSSR count). The first-order valence-corrected chi connectivity index (χ1v) is 6.08. The number of amides is 1. The lowest BCUT2D eigenvalue weighted by atomic mass is 10.2. The topological polar surface area (TPSA) is 78.2 Å². The number of nitrogens with zero attached hydrogens (tertiary/aromatic N) is 3. The van der Waals surface area contributed by atoms with Crippen molar-refractivity contribution in [1.82, 2.24) is 19.7 Å². The van der Waals surface area contributed by atoms with Crippen molar-refractivity contribution >= 4 is 11.9 Å². The fourth-order valence-corrected chi connectivity index (χ4v) is 1.88. The number of rotatable bonds is 4. The van der Waals surface area contributed by atoms with Gasteiger partial charge in [-0.25, -0.2) is 4.79 Å². The number of esters is 1. The minimum Gasteiger partial charge on any atom is -0.467 e. The van der Waals surface area contributed by atoms with Gasteiger partial charge in [0.2, 0.25) is 0 Å². The van der Waals surface area contributed by atoms with Crippen LogP contribution in [0.1, 0.15) is 17.3 Å². The Labute approximate surface area is 116 Å². The number of aromatic nitrogens is 3. The third kappa shape index (κ3) is 2.56. The smallest absolute Gasteiger partial charge is 0.328 e. The number of carbonyl (C=O) groups is 2. The van der Waals surface area contributed by atoms with Gasteiger partial charge in [0.15, 0.2) is 0 Å². The Morgan fingerprint density at radius 1 is 1.35 bits per heavy atom. The summed E-state index contributed by atoms with van der Waals surface area (Å²) in [6, 6.07) is 2.99. The van der Waals surface area contributed by atoms with Gasteiger partial charge in [-0.15, -0.1) is 0 Å². The van der Waals surface area contributed by atoms with Crippen LogP contribution in [0.3, 0.4) is 0 Å². The molecule has 106 valence electrons. The summed E-state index contributed by atoms with van der Waals surface area (Å²) in [5.41, 5.74) is 0.388. The lowest BCUT2D eigenvalue weighted by molar-refractivity contribution is -0.142. The molecule has 0 bridgehead atoms. The van der Waals surface area contributed by atoms with Gasteiger partial charge in [0, 0.05) is 19.4 Å². The Hall–Kier alpha value is -2.57. The predicted molar refractivity (Wildman–Crippen MR) is 71.5 cm³/mol. The number of nitrogens with one attached hydrogen (secondary N) is 1. The number of methoxy groups -OCH3 is 1. The van der Waals surface area contributed by atoms with Crippen LogP contribution in [0.5, 0.6) is 0 Å². The summed E-state index contributed by atoms with van der Waals surface area (Å²) >= 11 is 0. The molecule has 0 radical (unpaired) electrons. The molecule has 1 atom stereocenters. The normalized spacial score (nSPS) is 11.9. The molecule has 2 heterocycles. The molecule has 0 aromatic carbocycles. The summed E-state index contributed by atoms with van der Waals surface area (Å²) < 4.78 is 7.95. The van der Waals surface area contributed by atoms with Crippen LogP contribution in [0.25, 0.3) is 5.82 Å². The highest BCUT2D eigenvalue weighted by atomic mass is 16.5. The molecule has 1 amide bonds. The van der Waals surface area contributed by atoms with Crippen LogP contribution in [0.15, 0.2) is 30.7 Å². The highest BCUT2D eigenvalue weighted by Crippen LogP contribution is 2.14. The minimum atomic E-state index is -0.717. The zero-order valence-electron chi connectivity index (χ0n) is 11.5. The Morgan fingerprint density at radius 2 is 2.00 bits per heavy atom. The summed E-state index contributed by atoms with van der Waals surface area (Å²) in [6.07, 6.45) is 5.10. The number of hydrogen-bond acceptors (Lipinski definition) is 4. The second-order valence-corrected chi connectivity index (χ2v) is 4.31. The molecule has 7 heteroatoms. The first-order chi connectivity index (χ1) is 9.54. The van der Waals surface area contributed by atoms with Crippen molar-refractivity contribution in [3.8, 4) is 5.82 Å². The van der Waals surface area contributed by atoms with Gasteiger partial charge >= 0.3 is 5.97 Å². The van der Waals surface area contributed by atoms with Crippen LogP contribution in [0.4, 0.5) is 0 Å². The number of carbonyl (C=O) groups excluding carboxylic acids is 2. The van der Waals surface area contributed by atoms with Gasteiger partial charge in [-0.2, -0.15) is 5.10 Å². The maximum absolute atomic E-state index is 12.2. The first-order valence-electron chi connectivity index (χ1n) is 6.08. The highest BCUT2D eigenvalue weighted by molar-refractivity contribution is 5.99. The van der Waals surface area contributed by atoms with Crippen LogP contribution in [0, 0.1) is 0 Å². The van der Waals surface area contributed by atoms with E-state index < -0.39 is 12.0 Å². The SMILES string of the molecule is COC(=O)[C@@H](C)NC(=O)c1cnn(C)c1-n1cccc1. The van der Waals surface area contributed by atoms with Crippen LogP contribution in [-0.4, -0.2) is 39.4 Å². The van der Waals surface area contributed by atoms with E-state index >= 15 is 0 Å². The zero-order chi connectivity index (χ0) is 14.7. The summed E-state index contributed by atoms with van der Waals surface area (Å²) in [5, 5.41) is 6.67. The van der Waals surface area contributed by atoms with E-state index in [2.05, 4.69) is 15.2 Å². The third-order valence-electron chi connectivity index (χ3n) is 2.90. The van der Waals surface area contributed by atoms with Gasteiger partial charge in [0.1, 0.15) is 17.4 Å². The van der Waals surface area contributed by atoms with Crippen LogP contribution < -0.4 is 5.32 Å². The Bertz CT molecular complexity index is 616. The van der Waals surface area contributed by atoms with E-state index in [1.54, 1.807) is 23.2 Å². The van der Waals surface area contributed by atoms with Gasteiger partial charge in [0.05, 0.1) is 13.3 Å². The van der Waals surface area contributed by atoms with Crippen molar-refractivity contribution in [2.45, 2.75) is 13.0 Å². The van der Waals surface area contributed by atoms with Crippen molar-refractivity contribution in [3.05, 3.63) is 36.3 Å². The van der Waals surface area contributed by atoms with Gasteiger partial charge < -0.3 is 14.6 Å². The molecule has 0 aliphatic rings. The van der Waals surface area contributed by atoms with E-state index in [4.69, 9.17) is 0 Å². The molecule has 0 unspecified atom stereocenters. The van der Waals surface area contributed by atoms with E-state index in [1.165, 1.54) is 13.3 Å². The monoisotopic (exact) mass is 276 g/mol. The summed E-state index contributed by atoms with van der Waals surface area (Å²) in [6.45, 7) is 1.56. The molecule has 20 heavy (non-hydrogen) atoms. The molecule has 7 nitrogen and oxygen atoms in total. The van der Waals surface area contributed by atoms with Crippen molar-refractivity contribution < 1.29 is 14.3 Å². The van der Waals surface area contributed by atoms with Gasteiger partial charge in [0.25, 0.3) is 5.91 Å². The van der Waals surface area contributed by atoms with Crippen molar-refractivity contribution in [3.63, 3.8) is 0 Å². The van der Waals surface area contributed by atoms with Gasteiger partial charge in [-0.1, -0.05) is 0 Å². The highest BCUT2D eigenvalue weighted by Gasteiger charge is 2.21. The largest absolute Gasteiger partial charge is 0.467 e.